The minimum Gasteiger partial charge on any atom is -0.493 e. The van der Waals surface area contributed by atoms with Crippen LogP contribution in [-0.4, -0.2) is 62.1 Å². The summed E-state index contributed by atoms with van der Waals surface area (Å²) in [4.78, 5) is 20.9. The van der Waals surface area contributed by atoms with Crippen LogP contribution < -0.4 is 9.47 Å². The zero-order valence-corrected chi connectivity index (χ0v) is 18.1. The van der Waals surface area contributed by atoms with E-state index < -0.39 is 11.0 Å². The Bertz CT molecular complexity index is 930. The van der Waals surface area contributed by atoms with Crippen LogP contribution in [0.3, 0.4) is 0 Å². The summed E-state index contributed by atoms with van der Waals surface area (Å²) in [6.45, 7) is 3.89. The molecule has 0 aromatic heterocycles. The van der Waals surface area contributed by atoms with Gasteiger partial charge in [0.2, 0.25) is 0 Å². The van der Waals surface area contributed by atoms with Crippen molar-refractivity contribution in [2.45, 2.75) is 44.2 Å². The molecule has 6 rings (SSSR count). The van der Waals surface area contributed by atoms with Gasteiger partial charge in [-0.2, -0.15) is 0 Å². The molecule has 4 bridgehead atoms. The molecule has 1 aromatic carbocycles. The van der Waals surface area contributed by atoms with Crippen LogP contribution in [0.2, 0.25) is 0 Å². The SMILES string of the molecule is CC[C@H]1C[C@H]2CN3CC[C@@]4(O)C(=Nc5cc(OC)c(OC)cc54)[C@](C(=O)OC)(C2)[C@H]13. The van der Waals surface area contributed by atoms with E-state index in [0.29, 0.717) is 53.1 Å². The van der Waals surface area contributed by atoms with E-state index in [0.717, 1.165) is 25.9 Å². The van der Waals surface area contributed by atoms with E-state index in [4.69, 9.17) is 19.2 Å². The predicted octanol–water partition coefficient (Wildman–Crippen LogP) is 2.66. The number of aliphatic hydroxyl groups is 1. The summed E-state index contributed by atoms with van der Waals surface area (Å²) in [6, 6.07) is 3.62. The lowest BCUT2D eigenvalue weighted by molar-refractivity contribution is -0.164. The van der Waals surface area contributed by atoms with E-state index in [1.165, 1.54) is 7.11 Å². The maximum atomic E-state index is 13.5. The van der Waals surface area contributed by atoms with Crippen LogP contribution in [0.4, 0.5) is 5.69 Å². The number of methoxy groups -OCH3 is 3. The Hall–Kier alpha value is -2.12. The fourth-order valence-corrected chi connectivity index (χ4v) is 6.81. The number of aliphatic imine (C=N–C) groups is 1. The van der Waals surface area contributed by atoms with Crippen LogP contribution in [0.5, 0.6) is 11.5 Å². The first-order valence-corrected chi connectivity index (χ1v) is 10.8. The lowest BCUT2D eigenvalue weighted by atomic mass is 9.54. The van der Waals surface area contributed by atoms with Crippen molar-refractivity contribution in [3.8, 4) is 11.5 Å². The number of rotatable bonds is 4. The third-order valence-corrected chi connectivity index (χ3v) is 7.91. The number of esters is 1. The molecule has 1 unspecified atom stereocenters. The number of carbonyl (C=O) groups excluding carboxylic acids is 1. The highest BCUT2D eigenvalue weighted by atomic mass is 16.5. The van der Waals surface area contributed by atoms with Gasteiger partial charge in [-0.3, -0.25) is 14.7 Å². The lowest BCUT2D eigenvalue weighted by Gasteiger charge is -2.58. The zero-order chi connectivity index (χ0) is 21.3. The average Bonchev–Trinajstić information content (AvgIpc) is 3.04. The van der Waals surface area contributed by atoms with Crippen LogP contribution in [0.1, 0.15) is 38.2 Å². The molecule has 4 fully saturated rings. The van der Waals surface area contributed by atoms with Gasteiger partial charge in [0.25, 0.3) is 0 Å². The summed E-state index contributed by atoms with van der Waals surface area (Å²) in [5, 5.41) is 12.1. The standard InChI is InChI=1S/C23H30N2O5/c1-5-14-8-13-11-22(21(26)30-4)19(14)25(12-13)7-6-23(27)15-9-17(28-2)18(29-3)10-16(15)24-20(22)23/h9-10,13-14,19,27H,5-8,11-12H2,1-4H3/t13-,14+,19+,22+,23+/m1/s1. The van der Waals surface area contributed by atoms with E-state index in [-0.39, 0.29) is 12.0 Å². The van der Waals surface area contributed by atoms with Crippen molar-refractivity contribution in [1.82, 2.24) is 4.90 Å². The minimum atomic E-state index is -1.32. The van der Waals surface area contributed by atoms with Gasteiger partial charge in [-0.05, 0) is 37.2 Å². The number of nitrogens with zero attached hydrogens (tertiary/aromatic N) is 2. The topological polar surface area (TPSA) is 80.6 Å². The molecule has 1 N–H and O–H groups in total. The Morgan fingerprint density at radius 1 is 1.27 bits per heavy atom. The highest BCUT2D eigenvalue weighted by molar-refractivity contribution is 6.15. The van der Waals surface area contributed by atoms with Gasteiger partial charge in [-0.1, -0.05) is 13.3 Å². The second-order valence-corrected chi connectivity index (χ2v) is 9.17. The van der Waals surface area contributed by atoms with Crippen molar-refractivity contribution >= 4 is 17.4 Å². The first-order valence-electron chi connectivity index (χ1n) is 10.8. The molecule has 4 aliphatic heterocycles. The molecule has 0 radical (unpaired) electrons. The molecular formula is C23H30N2O5. The van der Waals surface area contributed by atoms with E-state index >= 15 is 0 Å². The van der Waals surface area contributed by atoms with Crippen LogP contribution in [0, 0.1) is 17.3 Å². The van der Waals surface area contributed by atoms with Gasteiger partial charge in [-0.25, -0.2) is 0 Å². The fourth-order valence-electron chi connectivity index (χ4n) is 6.81. The molecule has 4 heterocycles. The molecule has 5 aliphatic rings. The summed E-state index contributed by atoms with van der Waals surface area (Å²) in [6.07, 6.45) is 3.29. The zero-order valence-electron chi connectivity index (χ0n) is 18.1. The highest BCUT2D eigenvalue weighted by Crippen LogP contribution is 2.60. The van der Waals surface area contributed by atoms with Crippen molar-refractivity contribution < 1.29 is 24.1 Å². The number of piperidine rings is 2. The second-order valence-electron chi connectivity index (χ2n) is 9.17. The summed E-state index contributed by atoms with van der Waals surface area (Å²) in [5.74, 6) is 1.62. The average molecular weight is 415 g/mol. The first kappa shape index (κ1) is 19.8. The van der Waals surface area contributed by atoms with Crippen molar-refractivity contribution in [2.75, 3.05) is 34.4 Å². The van der Waals surface area contributed by atoms with Crippen molar-refractivity contribution in [3.05, 3.63) is 17.7 Å². The Kier molecular flexibility index (Phi) is 4.42. The summed E-state index contributed by atoms with van der Waals surface area (Å²) < 4.78 is 16.4. The molecule has 7 nitrogen and oxygen atoms in total. The van der Waals surface area contributed by atoms with Crippen molar-refractivity contribution in [2.24, 2.45) is 22.2 Å². The van der Waals surface area contributed by atoms with Gasteiger partial charge in [0.15, 0.2) is 11.5 Å². The van der Waals surface area contributed by atoms with Crippen LogP contribution in [-0.2, 0) is 15.1 Å². The molecule has 7 heteroatoms. The second kappa shape index (κ2) is 6.69. The monoisotopic (exact) mass is 414 g/mol. The van der Waals surface area contributed by atoms with E-state index in [9.17, 15) is 9.90 Å². The fraction of sp³-hybridized carbons (Fsp3) is 0.652. The number of hydrogen-bond acceptors (Lipinski definition) is 7. The Morgan fingerprint density at radius 2 is 2.00 bits per heavy atom. The molecular weight excluding hydrogens is 384 g/mol. The molecule has 1 aliphatic carbocycles. The van der Waals surface area contributed by atoms with Gasteiger partial charge in [-0.15, -0.1) is 0 Å². The quantitative estimate of drug-likeness (QED) is 0.763. The molecule has 3 saturated heterocycles. The molecule has 0 spiro atoms. The van der Waals surface area contributed by atoms with Gasteiger partial charge >= 0.3 is 5.97 Å². The largest absolute Gasteiger partial charge is 0.493 e. The third kappa shape index (κ3) is 2.33. The molecule has 30 heavy (non-hydrogen) atoms. The van der Waals surface area contributed by atoms with Crippen LogP contribution >= 0.6 is 0 Å². The number of hydrogen-bond donors (Lipinski definition) is 1. The van der Waals surface area contributed by atoms with Crippen LogP contribution in [0.15, 0.2) is 17.1 Å². The highest BCUT2D eigenvalue weighted by Gasteiger charge is 2.68. The van der Waals surface area contributed by atoms with E-state index in [1.54, 1.807) is 20.3 Å². The molecule has 1 aromatic rings. The Labute approximate surface area is 177 Å². The molecule has 1 saturated carbocycles. The van der Waals surface area contributed by atoms with E-state index in [1.807, 2.05) is 6.07 Å². The lowest BCUT2D eigenvalue weighted by Crippen LogP contribution is -2.68. The van der Waals surface area contributed by atoms with Crippen LogP contribution in [0.25, 0.3) is 0 Å². The minimum absolute atomic E-state index is 0.00540. The first-order chi connectivity index (χ1) is 14.4. The molecule has 0 amide bonds. The van der Waals surface area contributed by atoms with Gasteiger partial charge in [0.1, 0.15) is 11.0 Å². The maximum Gasteiger partial charge on any atom is 0.319 e. The van der Waals surface area contributed by atoms with Crippen molar-refractivity contribution in [3.63, 3.8) is 0 Å². The molecule has 162 valence electrons. The number of fused-ring (bicyclic) bond motifs is 4. The normalized spacial score (nSPS) is 38.2. The van der Waals surface area contributed by atoms with Gasteiger partial charge in [0.05, 0.1) is 32.7 Å². The predicted molar refractivity (Wildman–Crippen MR) is 111 cm³/mol. The summed E-state index contributed by atoms with van der Waals surface area (Å²) in [5.41, 5.74) is -0.350. The summed E-state index contributed by atoms with van der Waals surface area (Å²) in [7, 11) is 4.61. The number of ether oxygens (including phenoxy) is 3. The van der Waals surface area contributed by atoms with Gasteiger partial charge in [0, 0.05) is 30.8 Å². The Balaban J connectivity index is 1.75. The number of benzene rings is 1. The summed E-state index contributed by atoms with van der Waals surface area (Å²) >= 11 is 0. The van der Waals surface area contributed by atoms with E-state index in [2.05, 4.69) is 11.8 Å². The Morgan fingerprint density at radius 3 is 2.67 bits per heavy atom. The smallest absolute Gasteiger partial charge is 0.319 e. The van der Waals surface area contributed by atoms with Crippen molar-refractivity contribution in [1.29, 1.82) is 0 Å². The number of carbonyl (C=O) groups is 1. The maximum absolute atomic E-state index is 13.5. The molecule has 6 atom stereocenters. The third-order valence-electron chi connectivity index (χ3n) is 7.91. The van der Waals surface area contributed by atoms with Gasteiger partial charge < -0.3 is 19.3 Å².